The van der Waals surface area contributed by atoms with Crippen LogP contribution in [0, 0.1) is 23.3 Å². The zero-order chi connectivity index (χ0) is 43.9. The summed E-state index contributed by atoms with van der Waals surface area (Å²) in [5.41, 5.74) is -1.06. The molecular formula is C46H52F4O6P2. The molecule has 0 aromatic heterocycles. The van der Waals surface area contributed by atoms with Crippen molar-refractivity contribution in [1.29, 1.82) is 0 Å². The van der Waals surface area contributed by atoms with Crippen molar-refractivity contribution in [2.75, 3.05) is 0 Å². The first-order valence-electron chi connectivity index (χ1n) is 18.8. The van der Waals surface area contributed by atoms with E-state index in [2.05, 4.69) is 0 Å². The maximum absolute atomic E-state index is 17.4. The van der Waals surface area contributed by atoms with Gasteiger partial charge in [0.1, 0.15) is 23.0 Å². The monoisotopic (exact) mass is 838 g/mol. The van der Waals surface area contributed by atoms with E-state index < -0.39 is 114 Å². The molecule has 0 bridgehead atoms. The van der Waals surface area contributed by atoms with E-state index in [9.17, 15) is 20.4 Å². The molecule has 5 aromatic rings. The highest BCUT2D eigenvalue weighted by molar-refractivity contribution is 7.86. The molecule has 0 saturated carbocycles. The first-order chi connectivity index (χ1) is 26.4. The first kappa shape index (κ1) is 44.6. The van der Waals surface area contributed by atoms with Gasteiger partial charge in [-0.3, -0.25) is 0 Å². The molecule has 0 unspecified atom stereocenters. The number of hydrogen-bond donors (Lipinski definition) is 4. The van der Waals surface area contributed by atoms with Gasteiger partial charge in [-0.1, -0.05) is 107 Å². The van der Waals surface area contributed by atoms with E-state index in [0.29, 0.717) is 22.3 Å². The molecule has 0 saturated heterocycles. The van der Waals surface area contributed by atoms with E-state index in [1.54, 1.807) is 83.1 Å². The minimum absolute atomic E-state index is 0.429. The highest BCUT2D eigenvalue weighted by Crippen LogP contribution is 2.54. The number of phenols is 4. The Labute approximate surface area is 338 Å². The summed E-state index contributed by atoms with van der Waals surface area (Å²) in [5, 5.41) is 39.6. The van der Waals surface area contributed by atoms with Gasteiger partial charge in [0.25, 0.3) is 0 Å². The molecule has 58 heavy (non-hydrogen) atoms. The van der Waals surface area contributed by atoms with Crippen LogP contribution in [-0.4, -0.2) is 20.4 Å². The van der Waals surface area contributed by atoms with Gasteiger partial charge in [-0.2, -0.15) is 0 Å². The third kappa shape index (κ3) is 7.59. The van der Waals surface area contributed by atoms with Crippen LogP contribution in [0.1, 0.15) is 105 Å². The normalized spacial score (nSPS) is 13.2. The van der Waals surface area contributed by atoms with Crippen LogP contribution in [0.2, 0.25) is 0 Å². The van der Waals surface area contributed by atoms with E-state index in [1.165, 1.54) is 48.5 Å². The fourth-order valence-electron chi connectivity index (χ4n) is 6.87. The van der Waals surface area contributed by atoms with Crippen LogP contribution < -0.4 is 31.8 Å². The Bertz CT molecular complexity index is 2210. The number of hydrogen-bond acceptors (Lipinski definition) is 6. The van der Waals surface area contributed by atoms with Crippen molar-refractivity contribution in [2.24, 2.45) is 0 Å². The van der Waals surface area contributed by atoms with E-state index >= 15 is 26.7 Å². The van der Waals surface area contributed by atoms with E-state index in [1.807, 2.05) is 0 Å². The molecule has 0 amide bonds. The number of aromatic hydroxyl groups is 4. The van der Waals surface area contributed by atoms with Crippen molar-refractivity contribution in [3.63, 3.8) is 0 Å². The van der Waals surface area contributed by atoms with Crippen LogP contribution in [0.3, 0.4) is 0 Å². The lowest BCUT2D eigenvalue weighted by atomic mass is 9.87. The lowest BCUT2D eigenvalue weighted by Crippen LogP contribution is -2.39. The molecule has 6 nitrogen and oxygen atoms in total. The molecule has 310 valence electrons. The summed E-state index contributed by atoms with van der Waals surface area (Å²) >= 11 is 0. The number of benzene rings is 5. The summed E-state index contributed by atoms with van der Waals surface area (Å²) < 4.78 is 102. The van der Waals surface area contributed by atoms with Gasteiger partial charge in [0.2, 0.25) is 0 Å². The molecule has 12 heteroatoms. The Balaban J connectivity index is 2.04. The summed E-state index contributed by atoms with van der Waals surface area (Å²) in [6.45, 7) is 21.4. The second-order valence-corrected chi connectivity index (χ2v) is 24.2. The Morgan fingerprint density at radius 3 is 0.690 bits per heavy atom. The van der Waals surface area contributed by atoms with Gasteiger partial charge in [-0.25, -0.2) is 17.6 Å². The zero-order valence-corrected chi connectivity index (χ0v) is 36.7. The van der Waals surface area contributed by atoms with Gasteiger partial charge in [0, 0.05) is 0 Å². The van der Waals surface area contributed by atoms with Gasteiger partial charge in [-0.15, -0.1) is 0 Å². The van der Waals surface area contributed by atoms with Crippen LogP contribution in [0.25, 0.3) is 0 Å². The van der Waals surface area contributed by atoms with Gasteiger partial charge in [0.05, 0.1) is 31.8 Å². The summed E-state index contributed by atoms with van der Waals surface area (Å²) in [7, 11) is -10.8. The second kappa shape index (κ2) is 14.6. The maximum Gasteiger partial charge on any atom is 0.184 e. The van der Waals surface area contributed by atoms with Crippen LogP contribution in [0.5, 0.6) is 23.0 Å². The molecule has 0 atom stereocenters. The van der Waals surface area contributed by atoms with Crippen molar-refractivity contribution < 1.29 is 47.1 Å². The SMILES string of the molecule is CC(C)(C)c1ccc(O)c(P(=O)(c2cc(C(C)(C)C)ccc2O)c2c(F)c(F)c(P(=O)(c3cc(C(C)(C)C)ccc3O)c3cc(C(C)(C)C)ccc3O)c(F)c2F)c1. The van der Waals surface area contributed by atoms with Crippen molar-refractivity contribution in [2.45, 2.75) is 105 Å². The highest BCUT2D eigenvalue weighted by atomic mass is 31.2. The van der Waals surface area contributed by atoms with Crippen LogP contribution in [0.4, 0.5) is 17.6 Å². The second-order valence-electron chi connectivity index (χ2n) is 19.0. The van der Waals surface area contributed by atoms with Crippen molar-refractivity contribution in [3.8, 4) is 23.0 Å². The summed E-state index contributed by atoms with van der Waals surface area (Å²) in [4.78, 5) is 0. The molecule has 0 aliphatic rings. The predicted molar refractivity (Wildman–Crippen MR) is 227 cm³/mol. The third-order valence-corrected chi connectivity index (χ3v) is 16.8. The van der Waals surface area contributed by atoms with E-state index in [4.69, 9.17) is 0 Å². The van der Waals surface area contributed by atoms with Gasteiger partial charge < -0.3 is 29.6 Å². The lowest BCUT2D eigenvalue weighted by molar-refractivity contribution is 0.466. The van der Waals surface area contributed by atoms with Crippen LogP contribution in [0.15, 0.2) is 72.8 Å². The zero-order valence-electron chi connectivity index (χ0n) is 34.9. The molecule has 4 N–H and O–H groups in total. The smallest absolute Gasteiger partial charge is 0.184 e. The average Bonchev–Trinajstić information content (AvgIpc) is 3.09. The van der Waals surface area contributed by atoms with Crippen molar-refractivity contribution >= 4 is 46.1 Å². The van der Waals surface area contributed by atoms with Crippen molar-refractivity contribution in [3.05, 3.63) is 118 Å². The lowest BCUT2D eigenvalue weighted by Gasteiger charge is -2.30. The minimum atomic E-state index is -5.39. The van der Waals surface area contributed by atoms with Crippen LogP contribution >= 0.6 is 14.3 Å². The molecule has 0 aliphatic heterocycles. The third-order valence-electron chi connectivity index (χ3n) is 10.6. The first-order valence-corrected chi connectivity index (χ1v) is 22.2. The molecule has 0 heterocycles. The number of halogens is 4. The standard InChI is InChI=1S/C46H52F4O6P2/c1-43(2,3)25-13-17-29(51)33(21-25)57(55,34-22-26(44(4,5)6)14-18-30(34)52)41-37(47)39(49)42(40(50)38(41)48)58(56,35-23-27(45(7,8)9)15-19-31(35)53)36-24-28(46(10,11)12)16-20-32(36)54/h13-24,51-54H,1-12H3. The molecule has 5 aromatic carbocycles. The maximum atomic E-state index is 17.4. The molecule has 0 radical (unpaired) electrons. The number of rotatable bonds is 6. The quantitative estimate of drug-likeness (QED) is 0.0770. The van der Waals surface area contributed by atoms with E-state index in [-0.39, 0.29) is 0 Å². The van der Waals surface area contributed by atoms with E-state index in [0.717, 1.165) is 24.3 Å². The fourth-order valence-corrected chi connectivity index (χ4v) is 12.7. The fraction of sp³-hybridized carbons (Fsp3) is 0.348. The number of phenolic OH excluding ortho intramolecular Hbond substituents is 4. The van der Waals surface area contributed by atoms with Gasteiger partial charge in [-0.05, 0) is 92.4 Å². The molecule has 0 fully saturated rings. The largest absolute Gasteiger partial charge is 0.507 e. The van der Waals surface area contributed by atoms with Gasteiger partial charge in [0.15, 0.2) is 37.6 Å². The molecular weight excluding hydrogens is 786 g/mol. The Hall–Kier alpha value is -4.52. The van der Waals surface area contributed by atoms with Crippen LogP contribution in [-0.2, 0) is 30.8 Å². The summed E-state index contributed by atoms with van der Waals surface area (Å²) in [6, 6.07) is 15.5. The Kier molecular flexibility index (Phi) is 11.3. The summed E-state index contributed by atoms with van der Waals surface area (Å²) in [5.74, 6) is -11.8. The topological polar surface area (TPSA) is 115 Å². The average molecular weight is 839 g/mol. The molecule has 5 rings (SSSR count). The highest BCUT2D eigenvalue weighted by Gasteiger charge is 2.49. The Morgan fingerprint density at radius 1 is 0.362 bits per heavy atom. The molecule has 0 spiro atoms. The summed E-state index contributed by atoms with van der Waals surface area (Å²) in [6.07, 6.45) is 0. The predicted octanol–water partition coefficient (Wildman–Crippen LogP) is 9.53. The van der Waals surface area contributed by atoms with Crippen molar-refractivity contribution in [1.82, 2.24) is 0 Å². The Morgan fingerprint density at radius 2 is 0.534 bits per heavy atom. The molecule has 0 aliphatic carbocycles. The minimum Gasteiger partial charge on any atom is -0.507 e. The van der Waals surface area contributed by atoms with Gasteiger partial charge >= 0.3 is 0 Å².